The largest absolute Gasteiger partial charge is 0.488 e. The van der Waals surface area contributed by atoms with E-state index < -0.39 is 11.7 Å². The van der Waals surface area contributed by atoms with Crippen molar-refractivity contribution in [1.29, 1.82) is 0 Å². The fraction of sp³-hybridized carbons (Fsp3) is 0.0870. The molecule has 3 aromatic carbocycles. The summed E-state index contributed by atoms with van der Waals surface area (Å²) in [4.78, 5) is 4.16. The van der Waals surface area contributed by atoms with Gasteiger partial charge < -0.3 is 14.5 Å². The van der Waals surface area contributed by atoms with Gasteiger partial charge in [-0.2, -0.15) is 13.2 Å². The van der Waals surface area contributed by atoms with E-state index in [-0.39, 0.29) is 6.01 Å². The van der Waals surface area contributed by atoms with Crippen LogP contribution in [0.3, 0.4) is 0 Å². The van der Waals surface area contributed by atoms with Crippen LogP contribution in [0.25, 0.3) is 11.3 Å². The second-order valence-corrected chi connectivity index (χ2v) is 6.50. The highest BCUT2D eigenvalue weighted by Crippen LogP contribution is 2.33. The minimum absolute atomic E-state index is 0.169. The topological polar surface area (TPSA) is 47.3 Å². The maximum atomic E-state index is 12.7. The van der Waals surface area contributed by atoms with Crippen molar-refractivity contribution in [3.63, 3.8) is 0 Å². The Morgan fingerprint density at radius 3 is 2.30 bits per heavy atom. The van der Waals surface area contributed by atoms with Crippen LogP contribution in [-0.4, -0.2) is 4.98 Å². The Balaban J connectivity index is 1.49. The van der Waals surface area contributed by atoms with Crippen molar-refractivity contribution in [1.82, 2.24) is 4.98 Å². The van der Waals surface area contributed by atoms with E-state index >= 15 is 0 Å². The second kappa shape index (κ2) is 8.32. The number of rotatable bonds is 6. The summed E-state index contributed by atoms with van der Waals surface area (Å²) in [5, 5.41) is 2.86. The van der Waals surface area contributed by atoms with Crippen molar-refractivity contribution in [3.8, 4) is 17.1 Å². The second-order valence-electron chi connectivity index (χ2n) is 6.50. The lowest BCUT2D eigenvalue weighted by atomic mass is 10.1. The lowest BCUT2D eigenvalue weighted by Gasteiger charge is -2.10. The molecule has 4 rings (SSSR count). The highest BCUT2D eigenvalue weighted by Gasteiger charge is 2.30. The third-order valence-corrected chi connectivity index (χ3v) is 4.36. The molecule has 0 atom stereocenters. The van der Waals surface area contributed by atoms with Crippen LogP contribution >= 0.6 is 0 Å². The number of anilines is 2. The Morgan fingerprint density at radius 1 is 0.867 bits per heavy atom. The molecule has 4 aromatic rings. The van der Waals surface area contributed by atoms with Crippen molar-refractivity contribution < 1.29 is 22.3 Å². The summed E-state index contributed by atoms with van der Waals surface area (Å²) < 4.78 is 49.7. The van der Waals surface area contributed by atoms with E-state index in [1.165, 1.54) is 18.3 Å². The molecular weight excluding hydrogens is 393 g/mol. The summed E-state index contributed by atoms with van der Waals surface area (Å²) in [6.07, 6.45) is -2.84. The van der Waals surface area contributed by atoms with Crippen molar-refractivity contribution in [2.24, 2.45) is 0 Å². The lowest BCUT2D eigenvalue weighted by molar-refractivity contribution is -0.137. The van der Waals surface area contributed by atoms with E-state index in [0.717, 1.165) is 23.3 Å². The number of nitrogens with zero attached hydrogens (tertiary/aromatic N) is 1. The van der Waals surface area contributed by atoms with Gasteiger partial charge in [-0.1, -0.05) is 42.5 Å². The maximum absolute atomic E-state index is 12.7. The maximum Gasteiger partial charge on any atom is 0.416 e. The van der Waals surface area contributed by atoms with E-state index in [9.17, 15) is 13.2 Å². The van der Waals surface area contributed by atoms with Gasteiger partial charge in [-0.3, -0.25) is 0 Å². The molecule has 0 spiro atoms. The monoisotopic (exact) mass is 410 g/mol. The molecule has 1 N–H and O–H groups in total. The Hall–Kier alpha value is -3.74. The lowest BCUT2D eigenvalue weighted by Crippen LogP contribution is -2.04. The summed E-state index contributed by atoms with van der Waals surface area (Å²) in [6, 6.07) is 22.0. The first kappa shape index (κ1) is 19.6. The average Bonchev–Trinajstić information content (AvgIpc) is 3.21. The zero-order valence-corrected chi connectivity index (χ0v) is 15.7. The molecule has 0 unspecified atom stereocenters. The number of oxazole rings is 1. The molecule has 0 aliphatic carbocycles. The van der Waals surface area contributed by atoms with Crippen LogP contribution in [0.1, 0.15) is 11.1 Å². The first-order valence-electron chi connectivity index (χ1n) is 9.15. The molecule has 0 saturated carbocycles. The van der Waals surface area contributed by atoms with Crippen LogP contribution in [0.15, 0.2) is 89.5 Å². The van der Waals surface area contributed by atoms with Crippen LogP contribution < -0.4 is 10.1 Å². The highest BCUT2D eigenvalue weighted by atomic mass is 19.4. The normalized spacial score (nSPS) is 11.3. The van der Waals surface area contributed by atoms with E-state index in [4.69, 9.17) is 9.15 Å². The van der Waals surface area contributed by atoms with Gasteiger partial charge in [0.05, 0.1) is 17.3 Å². The van der Waals surface area contributed by atoms with Gasteiger partial charge in [0.15, 0.2) is 5.76 Å². The molecule has 4 nitrogen and oxygen atoms in total. The molecule has 0 aliphatic rings. The van der Waals surface area contributed by atoms with Gasteiger partial charge in [0, 0.05) is 5.69 Å². The third kappa shape index (κ3) is 4.63. The fourth-order valence-electron chi connectivity index (χ4n) is 2.85. The number of hydrogen-bond donors (Lipinski definition) is 1. The molecule has 0 saturated heterocycles. The first-order chi connectivity index (χ1) is 14.5. The Bertz CT molecular complexity index is 1110. The minimum Gasteiger partial charge on any atom is -0.488 e. The molecule has 0 aliphatic heterocycles. The molecule has 152 valence electrons. The van der Waals surface area contributed by atoms with Crippen molar-refractivity contribution in [3.05, 3.63) is 96.2 Å². The smallest absolute Gasteiger partial charge is 0.416 e. The van der Waals surface area contributed by atoms with Crippen LogP contribution in [0, 0.1) is 0 Å². The summed E-state index contributed by atoms with van der Waals surface area (Å²) in [5.74, 6) is 1.12. The Kier molecular flexibility index (Phi) is 5.43. The molecule has 30 heavy (non-hydrogen) atoms. The summed E-state index contributed by atoms with van der Waals surface area (Å²) in [6.45, 7) is 0.405. The van der Waals surface area contributed by atoms with Crippen molar-refractivity contribution in [2.45, 2.75) is 12.8 Å². The first-order valence-corrected chi connectivity index (χ1v) is 9.15. The SMILES string of the molecule is FC(F)(F)c1ccc(Nc2ncc(-c3ccccc3OCc3ccccc3)o2)cc1. The average molecular weight is 410 g/mol. The van der Waals surface area contributed by atoms with Gasteiger partial charge in [0.1, 0.15) is 12.4 Å². The predicted octanol–water partition coefficient (Wildman–Crippen LogP) is 6.68. The van der Waals surface area contributed by atoms with E-state index in [1.54, 1.807) is 0 Å². The van der Waals surface area contributed by atoms with E-state index in [2.05, 4.69) is 10.3 Å². The molecule has 1 aromatic heterocycles. The number of ether oxygens (including phenoxy) is 1. The van der Waals surface area contributed by atoms with E-state index in [0.29, 0.717) is 23.8 Å². The van der Waals surface area contributed by atoms with Crippen molar-refractivity contribution in [2.75, 3.05) is 5.32 Å². The molecular formula is C23H17F3N2O2. The molecule has 0 fully saturated rings. The number of benzene rings is 3. The van der Waals surface area contributed by atoms with Gasteiger partial charge in [-0.15, -0.1) is 0 Å². The Labute approximate surface area is 171 Å². The predicted molar refractivity (Wildman–Crippen MR) is 107 cm³/mol. The number of aromatic nitrogens is 1. The Morgan fingerprint density at radius 2 is 1.57 bits per heavy atom. The molecule has 0 amide bonds. The van der Waals surface area contributed by atoms with Crippen molar-refractivity contribution >= 4 is 11.7 Å². The number of nitrogens with one attached hydrogen (secondary N) is 1. The summed E-state index contributed by atoms with van der Waals surface area (Å²) in [7, 11) is 0. The van der Waals surface area contributed by atoms with Gasteiger partial charge in [-0.25, -0.2) is 4.98 Å². The third-order valence-electron chi connectivity index (χ3n) is 4.36. The standard InChI is InChI=1S/C23H17F3N2O2/c24-23(25,26)17-10-12-18(13-11-17)28-22-27-14-21(30-22)19-8-4-5-9-20(19)29-15-16-6-2-1-3-7-16/h1-14H,15H2,(H,27,28). The fourth-order valence-corrected chi connectivity index (χ4v) is 2.85. The highest BCUT2D eigenvalue weighted by molar-refractivity contribution is 5.66. The van der Waals surface area contributed by atoms with Crippen LogP contribution in [0.4, 0.5) is 24.9 Å². The minimum atomic E-state index is -4.38. The number of alkyl halides is 3. The number of para-hydroxylation sites is 1. The van der Waals surface area contributed by atoms with Crippen LogP contribution in [0.5, 0.6) is 5.75 Å². The van der Waals surface area contributed by atoms with Gasteiger partial charge in [-0.05, 0) is 42.0 Å². The molecule has 1 heterocycles. The summed E-state index contributed by atoms with van der Waals surface area (Å²) >= 11 is 0. The van der Waals surface area contributed by atoms with Gasteiger partial charge in [0.2, 0.25) is 0 Å². The molecule has 7 heteroatoms. The van der Waals surface area contributed by atoms with Crippen LogP contribution in [-0.2, 0) is 12.8 Å². The van der Waals surface area contributed by atoms with Gasteiger partial charge >= 0.3 is 6.18 Å². The number of halogens is 3. The van der Waals surface area contributed by atoms with Crippen LogP contribution in [0.2, 0.25) is 0 Å². The zero-order valence-electron chi connectivity index (χ0n) is 15.7. The summed E-state index contributed by atoms with van der Waals surface area (Å²) in [5.41, 5.74) is 1.48. The number of hydrogen-bond acceptors (Lipinski definition) is 4. The quantitative estimate of drug-likeness (QED) is 0.385. The molecule has 0 bridgehead atoms. The van der Waals surface area contributed by atoms with Gasteiger partial charge in [0.25, 0.3) is 6.01 Å². The van der Waals surface area contributed by atoms with E-state index in [1.807, 2.05) is 54.6 Å². The zero-order chi connectivity index (χ0) is 21.0. The molecule has 0 radical (unpaired) electrons.